The molecule has 2 heterocycles. The molecule has 1 aromatic rings. The van der Waals surface area contributed by atoms with Crippen LogP contribution in [0.15, 0.2) is 24.8 Å². The van der Waals surface area contributed by atoms with Gasteiger partial charge in [-0.15, -0.1) is 0 Å². The van der Waals surface area contributed by atoms with E-state index in [0.29, 0.717) is 0 Å². The van der Waals surface area contributed by atoms with Crippen molar-refractivity contribution in [2.24, 2.45) is 0 Å². The normalized spacial score (nSPS) is 18.2. The first-order valence-electron chi connectivity index (χ1n) is 6.16. The Labute approximate surface area is 102 Å². The maximum absolute atomic E-state index is 9.84. The summed E-state index contributed by atoms with van der Waals surface area (Å²) in [5.41, 5.74) is 3.71. The number of aliphatic hydroxyl groups excluding tert-OH is 1. The number of fused-ring (bicyclic) bond motifs is 1. The predicted octanol–water partition coefficient (Wildman–Crippen LogP) is 2.30. The fourth-order valence-corrected chi connectivity index (χ4v) is 2.25. The molecule has 92 valence electrons. The lowest BCUT2D eigenvalue weighted by Gasteiger charge is -2.30. The molecular weight excluding hydrogens is 212 g/mol. The zero-order valence-electron chi connectivity index (χ0n) is 10.3. The summed E-state index contributed by atoms with van der Waals surface area (Å²) >= 11 is 0. The molecule has 1 aromatic heterocycles. The Kier molecular flexibility index (Phi) is 3.82. The van der Waals surface area contributed by atoms with Gasteiger partial charge < -0.3 is 10.1 Å². The van der Waals surface area contributed by atoms with Crippen molar-refractivity contribution < 1.29 is 5.11 Å². The van der Waals surface area contributed by atoms with Gasteiger partial charge in [0.25, 0.3) is 0 Å². The summed E-state index contributed by atoms with van der Waals surface area (Å²) in [5.74, 6) is 0. The van der Waals surface area contributed by atoms with Gasteiger partial charge in [-0.25, -0.2) is 0 Å². The molecule has 1 aliphatic heterocycles. The molecule has 3 nitrogen and oxygen atoms in total. The highest BCUT2D eigenvalue weighted by Crippen LogP contribution is 2.22. The zero-order valence-corrected chi connectivity index (χ0v) is 10.3. The quantitative estimate of drug-likeness (QED) is 0.782. The summed E-state index contributed by atoms with van der Waals surface area (Å²) in [6.45, 7) is 7.42. The smallest absolute Gasteiger partial charge is 0.107 e. The monoisotopic (exact) mass is 232 g/mol. The van der Waals surface area contributed by atoms with Crippen molar-refractivity contribution in [1.82, 2.24) is 9.88 Å². The molecule has 0 fully saturated rings. The molecule has 1 aliphatic rings. The van der Waals surface area contributed by atoms with Gasteiger partial charge in [-0.2, -0.15) is 0 Å². The maximum Gasteiger partial charge on any atom is 0.107 e. The van der Waals surface area contributed by atoms with E-state index in [-0.39, 0.29) is 6.23 Å². The Hall–Kier alpha value is -1.32. The first-order chi connectivity index (χ1) is 8.24. The molecule has 1 atom stereocenters. The molecule has 2 N–H and O–H groups in total. The number of aromatic nitrogens is 1. The van der Waals surface area contributed by atoms with Gasteiger partial charge in [0.15, 0.2) is 0 Å². The number of rotatable bonds is 4. The standard InChI is InChI=1S/C14H20N2O/c1-3-5-6-12-9-11-7-8-16(14(17)4-2)10-13(11)15-12/h3,5-6,9,14-15,17H,1,4,7-8,10H2,2H3/b6-5-. The van der Waals surface area contributed by atoms with Gasteiger partial charge >= 0.3 is 0 Å². The number of H-pyrrole nitrogens is 1. The Morgan fingerprint density at radius 1 is 1.65 bits per heavy atom. The van der Waals surface area contributed by atoms with E-state index in [0.717, 1.165) is 31.6 Å². The van der Waals surface area contributed by atoms with Crippen LogP contribution >= 0.6 is 0 Å². The lowest BCUT2D eigenvalue weighted by molar-refractivity contribution is -0.00858. The first-order valence-corrected chi connectivity index (χ1v) is 6.16. The molecule has 0 amide bonds. The van der Waals surface area contributed by atoms with Crippen molar-refractivity contribution in [3.8, 4) is 0 Å². The molecule has 0 radical (unpaired) electrons. The van der Waals surface area contributed by atoms with Gasteiger partial charge in [0.1, 0.15) is 6.23 Å². The zero-order chi connectivity index (χ0) is 12.3. The summed E-state index contributed by atoms with van der Waals surface area (Å²) in [4.78, 5) is 5.50. The van der Waals surface area contributed by atoms with Crippen LogP contribution in [0.25, 0.3) is 6.08 Å². The van der Waals surface area contributed by atoms with E-state index in [4.69, 9.17) is 0 Å². The number of hydrogen-bond acceptors (Lipinski definition) is 2. The molecular formula is C14H20N2O. The average Bonchev–Trinajstić information content (AvgIpc) is 2.76. The van der Waals surface area contributed by atoms with Gasteiger partial charge in [-0.05, 0) is 30.5 Å². The number of nitrogens with one attached hydrogen (secondary N) is 1. The van der Waals surface area contributed by atoms with Crippen LogP contribution in [0.3, 0.4) is 0 Å². The summed E-state index contributed by atoms with van der Waals surface area (Å²) in [6.07, 6.45) is 7.18. The van der Waals surface area contributed by atoms with Crippen LogP contribution in [0.2, 0.25) is 0 Å². The van der Waals surface area contributed by atoms with Gasteiger partial charge in [0.05, 0.1) is 0 Å². The first kappa shape index (κ1) is 12.1. The topological polar surface area (TPSA) is 39.3 Å². The van der Waals surface area contributed by atoms with Crippen LogP contribution in [-0.4, -0.2) is 27.8 Å². The van der Waals surface area contributed by atoms with Crippen molar-refractivity contribution in [2.75, 3.05) is 6.54 Å². The van der Waals surface area contributed by atoms with Crippen LogP contribution in [0.1, 0.15) is 30.3 Å². The lowest BCUT2D eigenvalue weighted by Crippen LogP contribution is -2.38. The van der Waals surface area contributed by atoms with E-state index < -0.39 is 0 Å². The Morgan fingerprint density at radius 3 is 3.18 bits per heavy atom. The lowest BCUT2D eigenvalue weighted by atomic mass is 10.1. The minimum absolute atomic E-state index is 0.321. The summed E-state index contributed by atoms with van der Waals surface area (Å²) < 4.78 is 0. The number of hydrogen-bond donors (Lipinski definition) is 2. The van der Waals surface area contributed by atoms with Gasteiger partial charge in [0.2, 0.25) is 0 Å². The Morgan fingerprint density at radius 2 is 2.47 bits per heavy atom. The molecule has 0 saturated heterocycles. The molecule has 17 heavy (non-hydrogen) atoms. The minimum atomic E-state index is -0.321. The minimum Gasteiger partial charge on any atom is -0.378 e. The summed E-state index contributed by atoms with van der Waals surface area (Å²) in [6, 6.07) is 2.19. The maximum atomic E-state index is 9.84. The Balaban J connectivity index is 2.12. The van der Waals surface area contributed by atoms with Crippen molar-refractivity contribution in [3.63, 3.8) is 0 Å². The average molecular weight is 232 g/mol. The third kappa shape index (κ3) is 2.68. The van der Waals surface area contributed by atoms with Crippen LogP contribution in [0.4, 0.5) is 0 Å². The van der Waals surface area contributed by atoms with Gasteiger partial charge in [-0.1, -0.05) is 25.7 Å². The molecule has 3 heteroatoms. The third-order valence-electron chi connectivity index (χ3n) is 3.24. The number of nitrogens with zero attached hydrogens (tertiary/aromatic N) is 1. The van der Waals surface area contributed by atoms with Crippen molar-refractivity contribution >= 4 is 6.08 Å². The molecule has 1 unspecified atom stereocenters. The third-order valence-corrected chi connectivity index (χ3v) is 3.24. The molecule has 0 saturated carbocycles. The molecule has 0 aromatic carbocycles. The van der Waals surface area contributed by atoms with Crippen LogP contribution in [0.5, 0.6) is 0 Å². The molecule has 0 aliphatic carbocycles. The highest BCUT2D eigenvalue weighted by molar-refractivity contribution is 5.50. The molecule has 0 spiro atoms. The second kappa shape index (κ2) is 5.34. The number of aliphatic hydroxyl groups is 1. The summed E-state index contributed by atoms with van der Waals surface area (Å²) in [5, 5.41) is 9.84. The van der Waals surface area contributed by atoms with Crippen LogP contribution in [-0.2, 0) is 13.0 Å². The summed E-state index contributed by atoms with van der Waals surface area (Å²) in [7, 11) is 0. The fourth-order valence-electron chi connectivity index (χ4n) is 2.25. The molecule has 0 bridgehead atoms. The van der Waals surface area contributed by atoms with Crippen molar-refractivity contribution in [1.29, 1.82) is 0 Å². The molecule has 2 rings (SSSR count). The Bertz CT molecular complexity index is 420. The van der Waals surface area contributed by atoms with Crippen molar-refractivity contribution in [3.05, 3.63) is 41.7 Å². The van der Waals surface area contributed by atoms with Gasteiger partial charge in [0, 0.05) is 24.5 Å². The van der Waals surface area contributed by atoms with E-state index >= 15 is 0 Å². The SMILES string of the molecule is C=C/C=C\c1cc2c([nH]1)CN(C(O)CC)CC2. The van der Waals surface area contributed by atoms with Crippen LogP contribution in [0, 0.1) is 0 Å². The van der Waals surface area contributed by atoms with Gasteiger partial charge in [-0.3, -0.25) is 4.90 Å². The second-order valence-electron chi connectivity index (χ2n) is 4.43. The van der Waals surface area contributed by atoms with E-state index in [1.165, 1.54) is 11.3 Å². The second-order valence-corrected chi connectivity index (χ2v) is 4.43. The van der Waals surface area contributed by atoms with E-state index in [2.05, 4.69) is 22.5 Å². The predicted molar refractivity (Wildman–Crippen MR) is 70.4 cm³/mol. The van der Waals surface area contributed by atoms with E-state index in [1.807, 2.05) is 19.1 Å². The van der Waals surface area contributed by atoms with Crippen LogP contribution < -0.4 is 0 Å². The highest BCUT2D eigenvalue weighted by atomic mass is 16.3. The fraction of sp³-hybridized carbons (Fsp3) is 0.429. The largest absolute Gasteiger partial charge is 0.378 e. The highest BCUT2D eigenvalue weighted by Gasteiger charge is 2.22. The van der Waals surface area contributed by atoms with E-state index in [1.54, 1.807) is 6.08 Å². The number of aromatic amines is 1. The van der Waals surface area contributed by atoms with E-state index in [9.17, 15) is 5.11 Å². The number of allylic oxidation sites excluding steroid dienone is 2. The van der Waals surface area contributed by atoms with Crippen molar-refractivity contribution in [2.45, 2.75) is 32.5 Å².